The molecule has 0 aliphatic heterocycles. The van der Waals surface area contributed by atoms with Gasteiger partial charge >= 0.3 is 0 Å². The first-order valence-corrected chi connectivity index (χ1v) is 7.74. The third-order valence-corrected chi connectivity index (χ3v) is 3.31. The normalized spacial score (nSPS) is 11.0. The smallest absolute Gasteiger partial charge is 0.243 e. The van der Waals surface area contributed by atoms with Gasteiger partial charge < -0.3 is 10.6 Å². The van der Waals surface area contributed by atoms with Gasteiger partial charge in [-0.05, 0) is 25.1 Å². The van der Waals surface area contributed by atoms with Gasteiger partial charge in [-0.15, -0.1) is 0 Å². The van der Waals surface area contributed by atoms with Crippen LogP contribution in [0.2, 0.25) is 0 Å². The number of rotatable bonds is 4. The fourth-order valence-electron chi connectivity index (χ4n) is 2.00. The number of aromatic nitrogens is 2. The molecule has 2 amide bonds. The van der Waals surface area contributed by atoms with Crippen molar-refractivity contribution >= 4 is 17.5 Å². The molecule has 0 saturated carbocycles. The molecule has 0 fully saturated rings. The van der Waals surface area contributed by atoms with Crippen LogP contribution in [0, 0.1) is 12.3 Å². The highest BCUT2D eigenvalue weighted by Gasteiger charge is 2.21. The minimum Gasteiger partial charge on any atom is -0.347 e. The van der Waals surface area contributed by atoms with Crippen LogP contribution in [0.25, 0.3) is 11.3 Å². The molecular formula is C18H22N4O2. The van der Waals surface area contributed by atoms with E-state index in [1.165, 1.54) is 0 Å². The third-order valence-electron chi connectivity index (χ3n) is 3.31. The summed E-state index contributed by atoms with van der Waals surface area (Å²) in [5.41, 5.74) is 1.81. The Labute approximate surface area is 141 Å². The maximum absolute atomic E-state index is 12.0. The molecule has 0 aliphatic rings. The van der Waals surface area contributed by atoms with Gasteiger partial charge in [0.15, 0.2) is 0 Å². The molecule has 0 unspecified atom stereocenters. The van der Waals surface area contributed by atoms with Crippen molar-refractivity contribution in [2.24, 2.45) is 5.41 Å². The summed E-state index contributed by atoms with van der Waals surface area (Å²) in [5, 5.41) is 5.40. The van der Waals surface area contributed by atoms with E-state index in [0.29, 0.717) is 11.5 Å². The summed E-state index contributed by atoms with van der Waals surface area (Å²) in [6.45, 7) is 7.16. The molecule has 1 aromatic carbocycles. The number of carbonyl (C=O) groups excluding carboxylic acids is 2. The number of amides is 2. The molecule has 0 bridgehead atoms. The van der Waals surface area contributed by atoms with Gasteiger partial charge in [0.25, 0.3) is 0 Å². The van der Waals surface area contributed by atoms with Gasteiger partial charge in [0.05, 0.1) is 12.2 Å². The molecular weight excluding hydrogens is 304 g/mol. The molecule has 0 radical (unpaired) electrons. The topological polar surface area (TPSA) is 84.0 Å². The van der Waals surface area contributed by atoms with Crippen LogP contribution in [-0.4, -0.2) is 28.3 Å². The largest absolute Gasteiger partial charge is 0.347 e. The predicted octanol–water partition coefficient (Wildman–Crippen LogP) is 2.55. The highest BCUT2D eigenvalue weighted by Crippen LogP contribution is 2.20. The van der Waals surface area contributed by atoms with Gasteiger partial charge in [-0.1, -0.05) is 32.9 Å². The molecule has 6 heteroatoms. The molecule has 126 valence electrons. The minimum atomic E-state index is -0.523. The molecule has 24 heavy (non-hydrogen) atoms. The van der Waals surface area contributed by atoms with Crippen molar-refractivity contribution in [3.05, 3.63) is 42.4 Å². The fourth-order valence-corrected chi connectivity index (χ4v) is 2.00. The minimum absolute atomic E-state index is 0.0626. The number of nitrogens with zero attached hydrogens (tertiary/aromatic N) is 2. The standard InChI is InChI=1S/C18H22N4O2/c1-12-19-9-8-15(21-12)13-6-5-7-14(10-13)22-16(23)11-20-17(24)18(2,3)4/h5-10H,11H2,1-4H3,(H,20,24)(H,22,23). The first-order chi connectivity index (χ1) is 11.3. The van der Waals surface area contributed by atoms with Gasteiger partial charge in [0.1, 0.15) is 5.82 Å². The van der Waals surface area contributed by atoms with Gasteiger partial charge in [-0.25, -0.2) is 9.97 Å². The van der Waals surface area contributed by atoms with Crippen LogP contribution in [0.5, 0.6) is 0 Å². The van der Waals surface area contributed by atoms with Gasteiger partial charge in [-0.2, -0.15) is 0 Å². The zero-order valence-corrected chi connectivity index (χ0v) is 14.4. The quantitative estimate of drug-likeness (QED) is 0.904. The molecule has 1 aromatic heterocycles. The van der Waals surface area contributed by atoms with E-state index in [1.807, 2.05) is 31.2 Å². The van der Waals surface area contributed by atoms with E-state index in [-0.39, 0.29) is 18.4 Å². The van der Waals surface area contributed by atoms with Crippen molar-refractivity contribution in [2.45, 2.75) is 27.7 Å². The Hall–Kier alpha value is -2.76. The number of hydrogen-bond donors (Lipinski definition) is 2. The van der Waals surface area contributed by atoms with Crippen LogP contribution in [0.1, 0.15) is 26.6 Å². The predicted molar refractivity (Wildman–Crippen MR) is 93.3 cm³/mol. The molecule has 2 N–H and O–H groups in total. The summed E-state index contributed by atoms with van der Waals surface area (Å²) in [6, 6.07) is 9.21. The van der Waals surface area contributed by atoms with E-state index in [1.54, 1.807) is 33.0 Å². The average molecular weight is 326 g/mol. The van der Waals surface area contributed by atoms with Crippen molar-refractivity contribution in [3.8, 4) is 11.3 Å². The third kappa shape index (κ3) is 4.87. The number of carbonyl (C=O) groups is 2. The van der Waals surface area contributed by atoms with Crippen molar-refractivity contribution in [3.63, 3.8) is 0 Å². The second-order valence-electron chi connectivity index (χ2n) is 6.55. The summed E-state index contributed by atoms with van der Waals surface area (Å²) in [4.78, 5) is 32.2. The van der Waals surface area contributed by atoms with Crippen LogP contribution in [0.15, 0.2) is 36.5 Å². The van der Waals surface area contributed by atoms with Crippen LogP contribution in [0.3, 0.4) is 0 Å². The zero-order valence-electron chi connectivity index (χ0n) is 14.4. The number of benzene rings is 1. The number of aryl methyl sites for hydroxylation is 1. The highest BCUT2D eigenvalue weighted by atomic mass is 16.2. The van der Waals surface area contributed by atoms with E-state index in [0.717, 1.165) is 11.3 Å². The van der Waals surface area contributed by atoms with Crippen molar-refractivity contribution in [2.75, 3.05) is 11.9 Å². The first-order valence-electron chi connectivity index (χ1n) is 7.74. The SMILES string of the molecule is Cc1nccc(-c2cccc(NC(=O)CNC(=O)C(C)(C)C)c2)n1. The highest BCUT2D eigenvalue weighted by molar-refractivity contribution is 5.95. The molecule has 2 rings (SSSR count). The molecule has 0 atom stereocenters. The maximum atomic E-state index is 12.0. The Kier molecular flexibility index (Phi) is 5.28. The van der Waals surface area contributed by atoms with Crippen molar-refractivity contribution in [1.82, 2.24) is 15.3 Å². The second-order valence-corrected chi connectivity index (χ2v) is 6.55. The Balaban J connectivity index is 2.02. The Morgan fingerprint density at radius 1 is 1.17 bits per heavy atom. The molecule has 0 spiro atoms. The lowest BCUT2D eigenvalue weighted by atomic mass is 9.96. The van der Waals surface area contributed by atoms with Crippen LogP contribution in [-0.2, 0) is 9.59 Å². The van der Waals surface area contributed by atoms with E-state index in [2.05, 4.69) is 20.6 Å². The monoisotopic (exact) mass is 326 g/mol. The van der Waals surface area contributed by atoms with Crippen molar-refractivity contribution in [1.29, 1.82) is 0 Å². The summed E-state index contributed by atoms with van der Waals surface area (Å²) < 4.78 is 0. The Bertz CT molecular complexity index is 751. The Morgan fingerprint density at radius 2 is 1.92 bits per heavy atom. The lowest BCUT2D eigenvalue weighted by Crippen LogP contribution is -2.39. The zero-order chi connectivity index (χ0) is 17.7. The van der Waals surface area contributed by atoms with Gasteiger partial charge in [-0.3, -0.25) is 9.59 Å². The van der Waals surface area contributed by atoms with E-state index < -0.39 is 5.41 Å². The Morgan fingerprint density at radius 3 is 2.58 bits per heavy atom. The second kappa shape index (κ2) is 7.21. The lowest BCUT2D eigenvalue weighted by molar-refractivity contribution is -0.130. The van der Waals surface area contributed by atoms with Crippen LogP contribution in [0.4, 0.5) is 5.69 Å². The van der Waals surface area contributed by atoms with E-state index in [4.69, 9.17) is 0 Å². The van der Waals surface area contributed by atoms with Gasteiger partial charge in [0, 0.05) is 22.9 Å². The number of anilines is 1. The van der Waals surface area contributed by atoms with Gasteiger partial charge in [0.2, 0.25) is 11.8 Å². The summed E-state index contributed by atoms with van der Waals surface area (Å²) in [5.74, 6) is 0.248. The number of nitrogens with one attached hydrogen (secondary N) is 2. The summed E-state index contributed by atoms with van der Waals surface area (Å²) in [6.07, 6.45) is 1.70. The van der Waals surface area contributed by atoms with Crippen LogP contribution < -0.4 is 10.6 Å². The molecule has 0 saturated heterocycles. The molecule has 1 heterocycles. The average Bonchev–Trinajstić information content (AvgIpc) is 2.52. The lowest BCUT2D eigenvalue weighted by Gasteiger charge is -2.17. The van der Waals surface area contributed by atoms with E-state index in [9.17, 15) is 9.59 Å². The van der Waals surface area contributed by atoms with Crippen LogP contribution >= 0.6 is 0 Å². The number of hydrogen-bond acceptors (Lipinski definition) is 4. The molecule has 6 nitrogen and oxygen atoms in total. The van der Waals surface area contributed by atoms with E-state index >= 15 is 0 Å². The van der Waals surface area contributed by atoms with Crippen molar-refractivity contribution < 1.29 is 9.59 Å². The summed E-state index contributed by atoms with van der Waals surface area (Å²) in [7, 11) is 0. The molecule has 0 aliphatic carbocycles. The summed E-state index contributed by atoms with van der Waals surface area (Å²) >= 11 is 0. The molecule has 2 aromatic rings. The fraction of sp³-hybridized carbons (Fsp3) is 0.333. The first kappa shape index (κ1) is 17.6. The maximum Gasteiger partial charge on any atom is 0.243 e.